The predicted octanol–water partition coefficient (Wildman–Crippen LogP) is 3.12. The van der Waals surface area contributed by atoms with Gasteiger partial charge in [0.15, 0.2) is 0 Å². The molecular weight excluding hydrogens is 303 g/mol. The molecule has 0 unspecified atom stereocenters. The van der Waals surface area contributed by atoms with Crippen LogP contribution in [0.4, 0.5) is 4.39 Å². The second-order valence-electron chi connectivity index (χ2n) is 5.47. The average molecular weight is 324 g/mol. The monoisotopic (exact) mass is 324 g/mol. The molecule has 0 spiro atoms. The van der Waals surface area contributed by atoms with Crippen LogP contribution in [0.1, 0.15) is 26.3 Å². The van der Waals surface area contributed by atoms with Crippen molar-refractivity contribution >= 4 is 17.7 Å². The van der Waals surface area contributed by atoms with E-state index in [1.165, 1.54) is 31.0 Å². The molecule has 1 rings (SSSR count). The molecule has 0 aliphatic heterocycles. The van der Waals surface area contributed by atoms with E-state index in [-0.39, 0.29) is 23.4 Å². The van der Waals surface area contributed by atoms with Gasteiger partial charge in [0.25, 0.3) is 0 Å². The number of carbonyl (C=O) groups excluding carboxylic acids is 1. The van der Waals surface area contributed by atoms with Gasteiger partial charge in [-0.05, 0) is 31.0 Å². The van der Waals surface area contributed by atoms with Crippen LogP contribution < -0.4 is 10.1 Å². The van der Waals surface area contributed by atoms with Crippen LogP contribution in [0.5, 0.6) is 5.75 Å². The molecule has 1 atom stereocenters. The third-order valence-electron chi connectivity index (χ3n) is 3.52. The predicted molar refractivity (Wildman–Crippen MR) is 86.1 cm³/mol. The molecule has 120 valence electrons. The third-order valence-corrected chi connectivity index (χ3v) is 4.50. The molecule has 4 nitrogen and oxygen atoms in total. The summed E-state index contributed by atoms with van der Waals surface area (Å²) in [6.45, 7) is 5.47. The molecule has 1 aromatic rings. The number of nitriles is 1. The van der Waals surface area contributed by atoms with Gasteiger partial charge >= 0.3 is 0 Å². The van der Waals surface area contributed by atoms with Gasteiger partial charge in [0.2, 0.25) is 5.91 Å². The molecule has 6 heteroatoms. The van der Waals surface area contributed by atoms with Crippen molar-refractivity contribution in [3.63, 3.8) is 0 Å². The van der Waals surface area contributed by atoms with E-state index < -0.39 is 5.54 Å². The van der Waals surface area contributed by atoms with Crippen LogP contribution in [0.2, 0.25) is 0 Å². The van der Waals surface area contributed by atoms with Crippen molar-refractivity contribution in [3.8, 4) is 11.8 Å². The molecule has 0 saturated heterocycles. The van der Waals surface area contributed by atoms with Gasteiger partial charge in [-0.1, -0.05) is 13.8 Å². The van der Waals surface area contributed by atoms with Crippen molar-refractivity contribution < 1.29 is 13.9 Å². The van der Waals surface area contributed by atoms with Gasteiger partial charge in [0.1, 0.15) is 17.1 Å². The summed E-state index contributed by atoms with van der Waals surface area (Å²) >= 11 is 1.35. The molecule has 0 aromatic heterocycles. The van der Waals surface area contributed by atoms with Crippen molar-refractivity contribution in [1.29, 1.82) is 5.26 Å². The van der Waals surface area contributed by atoms with Gasteiger partial charge in [0, 0.05) is 11.3 Å². The summed E-state index contributed by atoms with van der Waals surface area (Å²) in [5.74, 6) is 0.715. The lowest BCUT2D eigenvalue weighted by molar-refractivity contribution is -0.120. The van der Waals surface area contributed by atoms with Crippen LogP contribution in [0, 0.1) is 23.1 Å². The summed E-state index contributed by atoms with van der Waals surface area (Å²) in [5, 5.41) is 11.9. The molecule has 0 bridgehead atoms. The van der Waals surface area contributed by atoms with Crippen molar-refractivity contribution in [1.82, 2.24) is 5.32 Å². The number of halogens is 1. The van der Waals surface area contributed by atoms with Crippen molar-refractivity contribution in [2.75, 3.05) is 12.9 Å². The SMILES string of the molecule is COc1ccc(F)cc1CSCC(=O)N[C@](C)(C#N)C(C)C. The maximum absolute atomic E-state index is 13.2. The van der Waals surface area contributed by atoms with Crippen LogP contribution in [0.3, 0.4) is 0 Å². The van der Waals surface area contributed by atoms with Crippen LogP contribution >= 0.6 is 11.8 Å². The van der Waals surface area contributed by atoms with Crippen molar-refractivity contribution in [2.24, 2.45) is 5.92 Å². The van der Waals surface area contributed by atoms with E-state index in [2.05, 4.69) is 11.4 Å². The summed E-state index contributed by atoms with van der Waals surface area (Å²) in [5.41, 5.74) is -0.180. The van der Waals surface area contributed by atoms with Crippen LogP contribution in [-0.2, 0) is 10.5 Å². The molecule has 1 aromatic carbocycles. The molecule has 0 heterocycles. The zero-order valence-corrected chi connectivity index (χ0v) is 14.1. The Morgan fingerprint density at radius 2 is 2.23 bits per heavy atom. The van der Waals surface area contributed by atoms with E-state index >= 15 is 0 Å². The number of amides is 1. The Labute approximate surface area is 135 Å². The van der Waals surface area contributed by atoms with Gasteiger partial charge in [-0.15, -0.1) is 11.8 Å². The Kier molecular flexibility index (Phi) is 6.69. The number of thioether (sulfide) groups is 1. The van der Waals surface area contributed by atoms with Gasteiger partial charge in [-0.3, -0.25) is 4.79 Å². The average Bonchev–Trinajstić information content (AvgIpc) is 2.47. The Morgan fingerprint density at radius 1 is 1.55 bits per heavy atom. The number of hydrogen-bond donors (Lipinski definition) is 1. The maximum atomic E-state index is 13.2. The first kappa shape index (κ1) is 18.3. The molecule has 22 heavy (non-hydrogen) atoms. The summed E-state index contributed by atoms with van der Waals surface area (Å²) in [4.78, 5) is 11.9. The lowest BCUT2D eigenvalue weighted by Crippen LogP contribution is -2.49. The minimum absolute atomic E-state index is 0.00904. The Balaban J connectivity index is 2.56. The topological polar surface area (TPSA) is 62.1 Å². The Bertz CT molecular complexity index is 572. The molecule has 0 fully saturated rings. The van der Waals surface area contributed by atoms with Gasteiger partial charge in [-0.25, -0.2) is 4.39 Å². The highest BCUT2D eigenvalue weighted by atomic mass is 32.2. The number of methoxy groups -OCH3 is 1. The van der Waals surface area contributed by atoms with E-state index in [9.17, 15) is 14.4 Å². The van der Waals surface area contributed by atoms with E-state index in [1.54, 1.807) is 13.0 Å². The highest BCUT2D eigenvalue weighted by Gasteiger charge is 2.29. The number of nitrogens with one attached hydrogen (secondary N) is 1. The summed E-state index contributed by atoms with van der Waals surface area (Å²) in [6, 6.07) is 6.43. The van der Waals surface area contributed by atoms with Crippen LogP contribution in [-0.4, -0.2) is 24.3 Å². The molecule has 0 radical (unpaired) electrons. The van der Waals surface area contributed by atoms with E-state index in [1.807, 2.05) is 13.8 Å². The molecule has 0 saturated carbocycles. The third kappa shape index (κ3) is 4.92. The first-order chi connectivity index (χ1) is 10.3. The van der Waals surface area contributed by atoms with Gasteiger partial charge in [0.05, 0.1) is 18.9 Å². The van der Waals surface area contributed by atoms with E-state index in [4.69, 9.17) is 4.74 Å². The number of carbonyl (C=O) groups is 1. The molecular formula is C16H21FN2O2S. The van der Waals surface area contributed by atoms with Crippen molar-refractivity contribution in [2.45, 2.75) is 32.1 Å². The summed E-state index contributed by atoms with van der Waals surface area (Å²) in [6.07, 6.45) is 0. The maximum Gasteiger partial charge on any atom is 0.231 e. The fraction of sp³-hybridized carbons (Fsp3) is 0.500. The summed E-state index contributed by atoms with van der Waals surface area (Å²) in [7, 11) is 1.52. The van der Waals surface area contributed by atoms with Gasteiger partial charge in [-0.2, -0.15) is 5.26 Å². The Morgan fingerprint density at radius 3 is 2.77 bits per heavy atom. The summed E-state index contributed by atoms with van der Waals surface area (Å²) < 4.78 is 18.4. The molecule has 0 aliphatic rings. The number of hydrogen-bond acceptors (Lipinski definition) is 4. The quantitative estimate of drug-likeness (QED) is 0.837. The highest BCUT2D eigenvalue weighted by Crippen LogP contribution is 2.24. The highest BCUT2D eigenvalue weighted by molar-refractivity contribution is 7.99. The zero-order chi connectivity index (χ0) is 16.8. The largest absolute Gasteiger partial charge is 0.496 e. The lowest BCUT2D eigenvalue weighted by Gasteiger charge is -2.27. The second kappa shape index (κ2) is 8.04. The van der Waals surface area contributed by atoms with Crippen LogP contribution in [0.25, 0.3) is 0 Å². The smallest absolute Gasteiger partial charge is 0.231 e. The first-order valence-corrected chi connectivity index (χ1v) is 8.10. The first-order valence-electron chi connectivity index (χ1n) is 6.94. The van der Waals surface area contributed by atoms with E-state index in [0.717, 1.165) is 0 Å². The molecule has 1 N–H and O–H groups in total. The standard InChI is InChI=1S/C16H21FN2O2S/c1-11(2)16(3,10-18)19-15(20)9-22-8-12-7-13(17)5-6-14(12)21-4/h5-7,11H,8-9H2,1-4H3,(H,19,20)/t16-/m1/s1. The Hall–Kier alpha value is -1.74. The zero-order valence-electron chi connectivity index (χ0n) is 13.3. The minimum Gasteiger partial charge on any atom is -0.496 e. The fourth-order valence-electron chi connectivity index (χ4n) is 1.74. The van der Waals surface area contributed by atoms with E-state index in [0.29, 0.717) is 17.1 Å². The van der Waals surface area contributed by atoms with Crippen LogP contribution in [0.15, 0.2) is 18.2 Å². The lowest BCUT2D eigenvalue weighted by atomic mass is 9.90. The van der Waals surface area contributed by atoms with Crippen molar-refractivity contribution in [3.05, 3.63) is 29.6 Å². The number of ether oxygens (including phenoxy) is 1. The minimum atomic E-state index is -0.881. The number of benzene rings is 1. The second-order valence-corrected chi connectivity index (χ2v) is 6.45. The normalized spacial score (nSPS) is 13.3. The molecule has 1 amide bonds. The fourth-order valence-corrected chi connectivity index (χ4v) is 2.55. The molecule has 0 aliphatic carbocycles. The number of rotatable bonds is 7. The van der Waals surface area contributed by atoms with Gasteiger partial charge < -0.3 is 10.1 Å². The number of nitrogens with zero attached hydrogens (tertiary/aromatic N) is 1.